The summed E-state index contributed by atoms with van der Waals surface area (Å²) in [5.41, 5.74) is 3.27. The highest BCUT2D eigenvalue weighted by atomic mass is 35.5. The zero-order chi connectivity index (χ0) is 13.1. The first-order chi connectivity index (χ1) is 8.58. The lowest BCUT2D eigenvalue weighted by Gasteiger charge is -2.09. The lowest BCUT2D eigenvalue weighted by molar-refractivity contribution is 0.102. The fourth-order valence-electron chi connectivity index (χ4n) is 1.60. The van der Waals surface area contributed by atoms with Crippen LogP contribution in [0, 0.1) is 13.8 Å². The Morgan fingerprint density at radius 1 is 1.28 bits per heavy atom. The van der Waals surface area contributed by atoms with Gasteiger partial charge < -0.3 is 5.32 Å². The van der Waals surface area contributed by atoms with Crippen molar-refractivity contribution in [1.29, 1.82) is 0 Å². The molecule has 0 bridgehead atoms. The molecule has 0 radical (unpaired) electrons. The number of amides is 1. The summed E-state index contributed by atoms with van der Waals surface area (Å²) in [5, 5.41) is 3.24. The van der Waals surface area contributed by atoms with Gasteiger partial charge in [0.15, 0.2) is 0 Å². The van der Waals surface area contributed by atoms with Crippen molar-refractivity contribution in [2.45, 2.75) is 13.8 Å². The molecule has 1 amide bonds. The highest BCUT2D eigenvalue weighted by Gasteiger charge is 2.11. The van der Waals surface area contributed by atoms with Crippen molar-refractivity contribution in [2.75, 3.05) is 5.32 Å². The van der Waals surface area contributed by atoms with Crippen molar-refractivity contribution < 1.29 is 4.79 Å². The van der Waals surface area contributed by atoms with E-state index in [9.17, 15) is 4.79 Å². The predicted octanol–water partition coefficient (Wildman–Crippen LogP) is 3.60. The molecule has 0 aliphatic carbocycles. The molecule has 0 fully saturated rings. The van der Waals surface area contributed by atoms with Gasteiger partial charge in [-0.15, -0.1) is 0 Å². The molecule has 92 valence electrons. The van der Waals surface area contributed by atoms with Gasteiger partial charge in [-0.1, -0.05) is 23.7 Å². The van der Waals surface area contributed by atoms with E-state index in [1.54, 1.807) is 12.3 Å². The first kappa shape index (κ1) is 12.6. The molecule has 4 heteroatoms. The Hall–Kier alpha value is -1.87. The van der Waals surface area contributed by atoms with Crippen LogP contribution in [0.1, 0.15) is 21.5 Å². The maximum atomic E-state index is 12.1. The van der Waals surface area contributed by atoms with E-state index in [2.05, 4.69) is 10.3 Å². The normalized spacial score (nSPS) is 10.2. The van der Waals surface area contributed by atoms with E-state index in [0.29, 0.717) is 10.6 Å². The van der Waals surface area contributed by atoms with E-state index in [1.165, 1.54) is 6.20 Å². The largest absolute Gasteiger partial charge is 0.322 e. The Kier molecular flexibility index (Phi) is 3.63. The highest BCUT2D eigenvalue weighted by molar-refractivity contribution is 6.34. The quantitative estimate of drug-likeness (QED) is 0.896. The van der Waals surface area contributed by atoms with Crippen molar-refractivity contribution in [3.8, 4) is 0 Å². The molecular weight excluding hydrogens is 248 g/mol. The van der Waals surface area contributed by atoms with Crippen LogP contribution in [0.25, 0.3) is 0 Å². The zero-order valence-electron chi connectivity index (χ0n) is 10.2. The fraction of sp³-hybridized carbons (Fsp3) is 0.143. The van der Waals surface area contributed by atoms with Crippen molar-refractivity contribution >= 4 is 23.2 Å². The number of anilines is 1. The molecular formula is C14H13ClN2O. The number of aryl methyl sites for hydroxylation is 2. The van der Waals surface area contributed by atoms with Gasteiger partial charge in [0, 0.05) is 18.1 Å². The van der Waals surface area contributed by atoms with Gasteiger partial charge >= 0.3 is 0 Å². The van der Waals surface area contributed by atoms with Gasteiger partial charge in [-0.25, -0.2) is 0 Å². The third-order valence-corrected chi connectivity index (χ3v) is 2.98. The third-order valence-electron chi connectivity index (χ3n) is 2.65. The molecule has 2 rings (SSSR count). The van der Waals surface area contributed by atoms with Gasteiger partial charge in [-0.05, 0) is 37.1 Å². The van der Waals surface area contributed by atoms with Crippen LogP contribution in [0.15, 0.2) is 36.7 Å². The number of carbonyl (C=O) groups excluding carboxylic acids is 1. The molecule has 1 heterocycles. The van der Waals surface area contributed by atoms with E-state index >= 15 is 0 Å². The number of pyridine rings is 1. The van der Waals surface area contributed by atoms with Crippen LogP contribution in [0.5, 0.6) is 0 Å². The summed E-state index contributed by atoms with van der Waals surface area (Å²) in [4.78, 5) is 16.0. The van der Waals surface area contributed by atoms with E-state index in [1.807, 2.05) is 32.0 Å². The first-order valence-corrected chi connectivity index (χ1v) is 5.94. The van der Waals surface area contributed by atoms with Crippen LogP contribution in [0.4, 0.5) is 5.69 Å². The number of hydrogen-bond donors (Lipinski definition) is 1. The summed E-state index contributed by atoms with van der Waals surface area (Å²) in [6, 6.07) is 7.49. The minimum absolute atomic E-state index is 0.248. The van der Waals surface area contributed by atoms with Crippen molar-refractivity contribution in [3.05, 3.63) is 58.4 Å². The lowest BCUT2D eigenvalue weighted by atomic mass is 10.1. The lowest BCUT2D eigenvalue weighted by Crippen LogP contribution is -2.13. The third kappa shape index (κ3) is 2.68. The molecule has 0 spiro atoms. The van der Waals surface area contributed by atoms with Gasteiger partial charge in [0.25, 0.3) is 5.91 Å². The molecule has 0 atom stereocenters. The molecule has 18 heavy (non-hydrogen) atoms. The van der Waals surface area contributed by atoms with Crippen LogP contribution in [0.3, 0.4) is 0 Å². The molecule has 1 N–H and O–H groups in total. The Morgan fingerprint density at radius 3 is 2.78 bits per heavy atom. The molecule has 1 aromatic carbocycles. The predicted molar refractivity (Wildman–Crippen MR) is 73.1 cm³/mol. The summed E-state index contributed by atoms with van der Waals surface area (Å²) in [7, 11) is 0. The Balaban J connectivity index is 2.27. The molecule has 0 aliphatic rings. The standard InChI is InChI=1S/C14H13ClN2O/c1-9-3-4-10(2)13(7-9)17-14(18)11-8-16-6-5-12(11)15/h3-8H,1-2H3,(H,17,18). The summed E-state index contributed by atoms with van der Waals surface area (Å²) in [5.74, 6) is -0.248. The van der Waals surface area contributed by atoms with E-state index in [-0.39, 0.29) is 5.91 Å². The Bertz CT molecular complexity index is 596. The number of aromatic nitrogens is 1. The average Bonchev–Trinajstić information content (AvgIpc) is 2.34. The molecule has 0 unspecified atom stereocenters. The van der Waals surface area contributed by atoms with Gasteiger partial charge in [0.2, 0.25) is 0 Å². The summed E-state index contributed by atoms with van der Waals surface area (Å²) < 4.78 is 0. The van der Waals surface area contributed by atoms with Crippen LogP contribution in [-0.4, -0.2) is 10.9 Å². The van der Waals surface area contributed by atoms with Crippen LogP contribution < -0.4 is 5.32 Å². The minimum atomic E-state index is -0.248. The Labute approximate surface area is 111 Å². The van der Waals surface area contributed by atoms with Gasteiger partial charge in [0.1, 0.15) is 0 Å². The molecule has 2 aromatic rings. The number of carbonyl (C=O) groups is 1. The molecule has 3 nitrogen and oxygen atoms in total. The highest BCUT2D eigenvalue weighted by Crippen LogP contribution is 2.19. The molecule has 0 aliphatic heterocycles. The molecule has 0 saturated carbocycles. The van der Waals surface area contributed by atoms with Crippen LogP contribution in [-0.2, 0) is 0 Å². The fourth-order valence-corrected chi connectivity index (χ4v) is 1.80. The second kappa shape index (κ2) is 5.19. The van der Waals surface area contributed by atoms with E-state index in [0.717, 1.165) is 16.8 Å². The second-order valence-corrected chi connectivity index (χ2v) is 4.54. The Morgan fingerprint density at radius 2 is 2.06 bits per heavy atom. The summed E-state index contributed by atoms with van der Waals surface area (Å²) in [6.45, 7) is 3.92. The topological polar surface area (TPSA) is 42.0 Å². The average molecular weight is 261 g/mol. The number of hydrogen-bond acceptors (Lipinski definition) is 2. The smallest absolute Gasteiger partial charge is 0.258 e. The van der Waals surface area contributed by atoms with Gasteiger partial charge in [0.05, 0.1) is 10.6 Å². The SMILES string of the molecule is Cc1ccc(C)c(NC(=O)c2cnccc2Cl)c1. The minimum Gasteiger partial charge on any atom is -0.322 e. The van der Waals surface area contributed by atoms with Crippen molar-refractivity contribution in [3.63, 3.8) is 0 Å². The zero-order valence-corrected chi connectivity index (χ0v) is 11.0. The second-order valence-electron chi connectivity index (χ2n) is 4.13. The van der Waals surface area contributed by atoms with Crippen LogP contribution in [0.2, 0.25) is 5.02 Å². The summed E-state index contributed by atoms with van der Waals surface area (Å²) >= 11 is 5.96. The number of benzene rings is 1. The van der Waals surface area contributed by atoms with E-state index in [4.69, 9.17) is 11.6 Å². The molecule has 0 saturated heterocycles. The van der Waals surface area contributed by atoms with Crippen molar-refractivity contribution in [2.24, 2.45) is 0 Å². The maximum Gasteiger partial charge on any atom is 0.258 e. The van der Waals surface area contributed by atoms with Crippen molar-refractivity contribution in [1.82, 2.24) is 4.98 Å². The number of nitrogens with zero attached hydrogens (tertiary/aromatic N) is 1. The van der Waals surface area contributed by atoms with Crippen LogP contribution >= 0.6 is 11.6 Å². The van der Waals surface area contributed by atoms with Gasteiger partial charge in [-0.2, -0.15) is 0 Å². The van der Waals surface area contributed by atoms with E-state index < -0.39 is 0 Å². The summed E-state index contributed by atoms with van der Waals surface area (Å²) in [6.07, 6.45) is 3.01. The number of halogens is 1. The monoisotopic (exact) mass is 260 g/mol. The first-order valence-electron chi connectivity index (χ1n) is 5.56. The number of rotatable bonds is 2. The number of nitrogens with one attached hydrogen (secondary N) is 1. The van der Waals surface area contributed by atoms with Gasteiger partial charge in [-0.3, -0.25) is 9.78 Å². The molecule has 1 aromatic heterocycles. The maximum absolute atomic E-state index is 12.1.